The van der Waals surface area contributed by atoms with E-state index in [4.69, 9.17) is 0 Å². The molecule has 0 spiro atoms. The van der Waals surface area contributed by atoms with E-state index in [2.05, 4.69) is 59.4 Å². The summed E-state index contributed by atoms with van der Waals surface area (Å²) < 4.78 is 0. The Kier molecular flexibility index (Phi) is 5.80. The molecule has 1 N–H and O–H groups in total. The summed E-state index contributed by atoms with van der Waals surface area (Å²) in [6.45, 7) is 4.28. The first-order valence-electron chi connectivity index (χ1n) is 7.43. The number of hydrogen-bond donors (Lipinski definition) is 1. The summed E-state index contributed by atoms with van der Waals surface area (Å²) >= 11 is 3.45. The normalized spacial score (nSPS) is 12.6. The minimum atomic E-state index is 0.102. The van der Waals surface area contributed by atoms with Crippen molar-refractivity contribution in [2.45, 2.75) is 32.7 Å². The fraction of sp³-hybridized carbons (Fsp3) is 0.389. The Balaban J connectivity index is 2.03. The summed E-state index contributed by atoms with van der Waals surface area (Å²) in [5, 5.41) is 6.45. The number of rotatable bonds is 6. The number of nitrogens with one attached hydrogen (secondary N) is 1. The number of benzene rings is 2. The maximum Gasteiger partial charge on any atom is 0.224 e. The Morgan fingerprint density at radius 3 is 2.52 bits per heavy atom. The van der Waals surface area contributed by atoms with Gasteiger partial charge < -0.3 is 5.32 Å². The highest BCUT2D eigenvalue weighted by atomic mass is 79.9. The molecular weight excluding hydrogens is 326 g/mol. The Labute approximate surface area is 135 Å². The van der Waals surface area contributed by atoms with Crippen molar-refractivity contribution in [3.63, 3.8) is 0 Å². The Morgan fingerprint density at radius 2 is 1.86 bits per heavy atom. The molecule has 0 saturated carbocycles. The zero-order valence-electron chi connectivity index (χ0n) is 12.6. The Bertz CT molecular complexity index is 609. The van der Waals surface area contributed by atoms with Crippen molar-refractivity contribution < 1.29 is 4.79 Å². The van der Waals surface area contributed by atoms with Gasteiger partial charge in [0, 0.05) is 11.4 Å². The molecule has 0 heterocycles. The molecule has 112 valence electrons. The van der Waals surface area contributed by atoms with E-state index in [-0.39, 0.29) is 11.9 Å². The van der Waals surface area contributed by atoms with Gasteiger partial charge in [0.1, 0.15) is 0 Å². The standard InChI is InChI=1S/C18H22BrNO/c1-13(2)17(9-10-19)20-18(21)12-14-7-8-15-5-3-4-6-16(15)11-14/h3-8,11,13,17H,9-10,12H2,1-2H3,(H,20,21). The largest absolute Gasteiger partial charge is 0.353 e. The predicted molar refractivity (Wildman–Crippen MR) is 92.8 cm³/mol. The van der Waals surface area contributed by atoms with Crippen LogP contribution in [0.4, 0.5) is 0 Å². The lowest BCUT2D eigenvalue weighted by Gasteiger charge is -2.21. The van der Waals surface area contributed by atoms with Gasteiger partial charge in [-0.25, -0.2) is 0 Å². The van der Waals surface area contributed by atoms with Gasteiger partial charge in [0.05, 0.1) is 6.42 Å². The minimum Gasteiger partial charge on any atom is -0.353 e. The molecule has 0 aliphatic heterocycles. The van der Waals surface area contributed by atoms with Crippen LogP contribution in [0.1, 0.15) is 25.8 Å². The summed E-state index contributed by atoms with van der Waals surface area (Å²) in [6, 6.07) is 14.7. The van der Waals surface area contributed by atoms with E-state index in [1.54, 1.807) is 0 Å². The zero-order chi connectivity index (χ0) is 15.2. The molecule has 2 aromatic carbocycles. The fourth-order valence-corrected chi connectivity index (χ4v) is 2.97. The van der Waals surface area contributed by atoms with Crippen molar-refractivity contribution in [3.8, 4) is 0 Å². The van der Waals surface area contributed by atoms with Crippen LogP contribution in [0, 0.1) is 5.92 Å². The van der Waals surface area contributed by atoms with Crippen LogP contribution < -0.4 is 5.32 Å². The lowest BCUT2D eigenvalue weighted by Crippen LogP contribution is -2.39. The first kappa shape index (κ1) is 16.0. The van der Waals surface area contributed by atoms with Gasteiger partial charge in [-0.05, 0) is 28.7 Å². The van der Waals surface area contributed by atoms with Crippen LogP contribution in [0.15, 0.2) is 42.5 Å². The maximum atomic E-state index is 12.2. The highest BCUT2D eigenvalue weighted by Gasteiger charge is 2.15. The third-order valence-corrected chi connectivity index (χ3v) is 4.21. The molecule has 0 aliphatic carbocycles. The maximum absolute atomic E-state index is 12.2. The number of halogens is 1. The van der Waals surface area contributed by atoms with Gasteiger partial charge >= 0.3 is 0 Å². The summed E-state index contributed by atoms with van der Waals surface area (Å²) in [6.07, 6.45) is 1.40. The molecule has 21 heavy (non-hydrogen) atoms. The second-order valence-corrected chi connectivity index (χ2v) is 6.55. The van der Waals surface area contributed by atoms with Crippen LogP contribution in [0.3, 0.4) is 0 Å². The van der Waals surface area contributed by atoms with Gasteiger partial charge in [-0.1, -0.05) is 72.2 Å². The Hall–Kier alpha value is -1.35. The molecule has 0 radical (unpaired) electrons. The molecule has 3 heteroatoms. The van der Waals surface area contributed by atoms with E-state index in [1.807, 2.05) is 18.2 Å². The summed E-state index contributed by atoms with van der Waals surface area (Å²) in [5.74, 6) is 0.549. The SMILES string of the molecule is CC(C)C(CCBr)NC(=O)Cc1ccc2ccccc2c1. The van der Waals surface area contributed by atoms with Crippen molar-refractivity contribution >= 4 is 32.6 Å². The van der Waals surface area contributed by atoms with Crippen molar-refractivity contribution in [1.82, 2.24) is 5.32 Å². The van der Waals surface area contributed by atoms with E-state index in [1.165, 1.54) is 10.8 Å². The van der Waals surface area contributed by atoms with Gasteiger partial charge in [0.15, 0.2) is 0 Å². The molecule has 0 bridgehead atoms. The van der Waals surface area contributed by atoms with E-state index in [0.717, 1.165) is 17.3 Å². The van der Waals surface area contributed by atoms with E-state index in [0.29, 0.717) is 12.3 Å². The van der Waals surface area contributed by atoms with Crippen molar-refractivity contribution in [3.05, 3.63) is 48.0 Å². The van der Waals surface area contributed by atoms with E-state index in [9.17, 15) is 4.79 Å². The fourth-order valence-electron chi connectivity index (χ4n) is 2.48. The molecule has 2 rings (SSSR count). The molecule has 0 fully saturated rings. The van der Waals surface area contributed by atoms with Crippen LogP contribution in [0.5, 0.6) is 0 Å². The molecule has 0 saturated heterocycles. The number of carbonyl (C=O) groups is 1. The van der Waals surface area contributed by atoms with Gasteiger partial charge in [-0.2, -0.15) is 0 Å². The average molecular weight is 348 g/mol. The molecular formula is C18H22BrNO. The van der Waals surface area contributed by atoms with E-state index >= 15 is 0 Å². The highest BCUT2D eigenvalue weighted by Crippen LogP contribution is 2.16. The lowest BCUT2D eigenvalue weighted by molar-refractivity contribution is -0.121. The number of amides is 1. The van der Waals surface area contributed by atoms with Gasteiger partial charge in [-0.3, -0.25) is 4.79 Å². The number of carbonyl (C=O) groups excluding carboxylic acids is 1. The summed E-state index contributed by atoms with van der Waals surface area (Å²) in [4.78, 5) is 12.2. The smallest absolute Gasteiger partial charge is 0.224 e. The Morgan fingerprint density at radius 1 is 1.14 bits per heavy atom. The highest BCUT2D eigenvalue weighted by molar-refractivity contribution is 9.09. The monoisotopic (exact) mass is 347 g/mol. The molecule has 2 nitrogen and oxygen atoms in total. The molecule has 1 atom stereocenters. The number of alkyl halides is 1. The topological polar surface area (TPSA) is 29.1 Å². The lowest BCUT2D eigenvalue weighted by atomic mass is 10.0. The van der Waals surface area contributed by atoms with Crippen molar-refractivity contribution in [2.24, 2.45) is 5.92 Å². The average Bonchev–Trinajstić information content (AvgIpc) is 2.46. The minimum absolute atomic E-state index is 0.102. The van der Waals surface area contributed by atoms with Gasteiger partial charge in [0.2, 0.25) is 5.91 Å². The molecule has 2 aromatic rings. The molecule has 1 unspecified atom stereocenters. The summed E-state index contributed by atoms with van der Waals surface area (Å²) in [7, 11) is 0. The van der Waals surface area contributed by atoms with Crippen LogP contribution in [0.2, 0.25) is 0 Å². The zero-order valence-corrected chi connectivity index (χ0v) is 14.2. The van der Waals surface area contributed by atoms with Crippen LogP contribution in [-0.2, 0) is 11.2 Å². The van der Waals surface area contributed by atoms with Gasteiger partial charge in [-0.15, -0.1) is 0 Å². The van der Waals surface area contributed by atoms with Gasteiger partial charge in [0.25, 0.3) is 0 Å². The van der Waals surface area contributed by atoms with Crippen molar-refractivity contribution in [1.29, 1.82) is 0 Å². The number of fused-ring (bicyclic) bond motifs is 1. The first-order valence-corrected chi connectivity index (χ1v) is 8.55. The van der Waals surface area contributed by atoms with Crippen LogP contribution in [0.25, 0.3) is 10.8 Å². The molecule has 0 aromatic heterocycles. The number of hydrogen-bond acceptors (Lipinski definition) is 1. The second kappa shape index (κ2) is 7.60. The second-order valence-electron chi connectivity index (χ2n) is 5.75. The first-order chi connectivity index (χ1) is 10.1. The van der Waals surface area contributed by atoms with E-state index < -0.39 is 0 Å². The molecule has 1 amide bonds. The molecule has 0 aliphatic rings. The quantitative estimate of drug-likeness (QED) is 0.775. The van der Waals surface area contributed by atoms with Crippen LogP contribution >= 0.6 is 15.9 Å². The third-order valence-electron chi connectivity index (χ3n) is 3.75. The predicted octanol–water partition coefficient (Wildman–Crippen LogP) is 4.31. The summed E-state index contributed by atoms with van der Waals surface area (Å²) in [5.41, 5.74) is 1.06. The van der Waals surface area contributed by atoms with Crippen LogP contribution in [-0.4, -0.2) is 17.3 Å². The third kappa shape index (κ3) is 4.57. The van der Waals surface area contributed by atoms with Crippen molar-refractivity contribution in [2.75, 3.05) is 5.33 Å².